The molecule has 2 aliphatic carbocycles. The van der Waals surface area contributed by atoms with Gasteiger partial charge in [0, 0.05) is 38.4 Å². The van der Waals surface area contributed by atoms with Gasteiger partial charge in [-0.2, -0.15) is 0 Å². The molecular weight excluding hydrogens is 1000 g/mol. The van der Waals surface area contributed by atoms with Gasteiger partial charge in [-0.15, -0.1) is 35.4 Å². The molecule has 9 aromatic rings. The van der Waals surface area contributed by atoms with Crippen LogP contribution in [0.25, 0.3) is 61.6 Å². The molecule has 7 aromatic carbocycles. The molecule has 6 heteroatoms. The van der Waals surface area contributed by atoms with Crippen molar-refractivity contribution in [1.82, 2.24) is 14.5 Å². The summed E-state index contributed by atoms with van der Waals surface area (Å²) >= 11 is 0. The number of phenolic OH excluding ortho intramolecular Hbond substituents is 1. The Bertz CT molecular complexity index is 3310. The van der Waals surface area contributed by atoms with Crippen LogP contribution in [0.5, 0.6) is 17.4 Å². The third-order valence-electron chi connectivity index (χ3n) is 13.8. The number of hydrogen-bond acceptors (Lipinski definition) is 4. The van der Waals surface area contributed by atoms with Gasteiger partial charge < -0.3 is 14.4 Å². The average Bonchev–Trinajstić information content (AvgIpc) is 4.00. The van der Waals surface area contributed by atoms with E-state index in [4.69, 9.17) is 14.7 Å². The molecule has 0 saturated heterocycles. The normalized spacial score (nSPS) is 13.9. The zero-order valence-electron chi connectivity index (χ0n) is 38.9. The number of fused-ring (bicyclic) bond motifs is 3. The maximum atomic E-state index is 11.1. The molecule has 0 bridgehead atoms. The Morgan fingerprint density at radius 1 is 0.582 bits per heavy atom. The molecule has 2 heterocycles. The number of para-hydroxylation sites is 3. The number of rotatable bonds is 7. The summed E-state index contributed by atoms with van der Waals surface area (Å²) in [5, 5.41) is 11.1. The van der Waals surface area contributed by atoms with Crippen LogP contribution in [0.4, 0.5) is 0 Å². The van der Waals surface area contributed by atoms with Crippen molar-refractivity contribution in [2.75, 3.05) is 0 Å². The molecule has 0 fully saturated rings. The number of hydrogen-bond donors (Lipinski definition) is 1. The first-order chi connectivity index (χ1) is 31.8. The minimum Gasteiger partial charge on any atom is -0.507 e. The van der Waals surface area contributed by atoms with Crippen molar-refractivity contribution in [1.29, 1.82) is 0 Å². The number of pyridine rings is 1. The Morgan fingerprint density at radius 3 is 2.00 bits per heavy atom. The smallest absolute Gasteiger partial charge is 0.220 e. The average molecular weight is 1060 g/mol. The van der Waals surface area contributed by atoms with Crippen LogP contribution in [-0.4, -0.2) is 19.6 Å². The molecule has 0 radical (unpaired) electrons. The van der Waals surface area contributed by atoms with E-state index in [1.165, 1.54) is 38.9 Å². The largest absolute Gasteiger partial charge is 0.507 e. The monoisotopic (exact) mass is 1060 g/mol. The van der Waals surface area contributed by atoms with E-state index in [0.29, 0.717) is 28.4 Å². The SMILES string of the molecule is CC(C)(C)c1ccc(-c2cc(Oc3cccc4c3nc(-c3[c-]ccc(-c5ccc6c(c5)CC5(Cc7ccccc7C5)C6)c3)n4-c3ccccc3)nc(-c3ccccc3O)c2)c(C(C)(C)C)c1.[Pt]. The van der Waals surface area contributed by atoms with Gasteiger partial charge in [0.25, 0.3) is 0 Å². The molecule has 0 aliphatic heterocycles. The zero-order chi connectivity index (χ0) is 45.4. The second-order valence-electron chi connectivity index (χ2n) is 20.6. The predicted molar refractivity (Wildman–Crippen MR) is 269 cm³/mol. The molecule has 0 atom stereocenters. The van der Waals surface area contributed by atoms with Crippen molar-refractivity contribution >= 4 is 11.0 Å². The summed E-state index contributed by atoms with van der Waals surface area (Å²) in [7, 11) is 0. The second-order valence-corrected chi connectivity index (χ2v) is 20.6. The van der Waals surface area contributed by atoms with E-state index in [0.717, 1.165) is 65.0 Å². The molecule has 1 spiro atoms. The number of phenols is 1. The Hall–Kier alpha value is -6.55. The molecule has 1 N–H and O–H groups in total. The van der Waals surface area contributed by atoms with Crippen LogP contribution < -0.4 is 4.74 Å². The van der Waals surface area contributed by atoms with Crippen LogP contribution in [-0.2, 0) is 57.6 Å². The number of benzene rings is 7. The fraction of sp³-hybridized carbons (Fsp3) is 0.213. The van der Waals surface area contributed by atoms with Gasteiger partial charge in [-0.1, -0.05) is 139 Å². The van der Waals surface area contributed by atoms with E-state index in [9.17, 15) is 5.11 Å². The maximum absolute atomic E-state index is 11.1. The van der Waals surface area contributed by atoms with Crippen LogP contribution in [0.15, 0.2) is 164 Å². The van der Waals surface area contributed by atoms with Crippen LogP contribution in [0.2, 0.25) is 0 Å². The Kier molecular flexibility index (Phi) is 11.2. The summed E-state index contributed by atoms with van der Waals surface area (Å²) < 4.78 is 9.12. The summed E-state index contributed by atoms with van der Waals surface area (Å²) in [6.07, 6.45) is 4.55. The van der Waals surface area contributed by atoms with E-state index in [1.807, 2.05) is 48.5 Å². The van der Waals surface area contributed by atoms with Crippen LogP contribution >= 0.6 is 0 Å². The summed E-state index contributed by atoms with van der Waals surface area (Å²) in [5.74, 6) is 1.90. The molecule has 0 amide bonds. The molecule has 0 saturated carbocycles. The van der Waals surface area contributed by atoms with Crippen molar-refractivity contribution < 1.29 is 30.9 Å². The zero-order valence-corrected chi connectivity index (χ0v) is 41.2. The number of ether oxygens (including phenoxy) is 1. The fourth-order valence-corrected chi connectivity index (χ4v) is 10.5. The molecule has 0 unspecified atom stereocenters. The van der Waals surface area contributed by atoms with E-state index >= 15 is 0 Å². The third-order valence-corrected chi connectivity index (χ3v) is 13.8. The van der Waals surface area contributed by atoms with Crippen molar-refractivity contribution in [2.24, 2.45) is 5.41 Å². The van der Waals surface area contributed by atoms with E-state index < -0.39 is 0 Å². The Balaban J connectivity index is 0.00000525. The molecule has 67 heavy (non-hydrogen) atoms. The summed E-state index contributed by atoms with van der Waals surface area (Å²) in [4.78, 5) is 10.5. The maximum Gasteiger partial charge on any atom is 0.220 e. The van der Waals surface area contributed by atoms with Crippen molar-refractivity contribution in [3.63, 3.8) is 0 Å². The van der Waals surface area contributed by atoms with E-state index in [-0.39, 0.29) is 43.1 Å². The van der Waals surface area contributed by atoms with E-state index in [1.54, 1.807) is 6.07 Å². The summed E-state index contributed by atoms with van der Waals surface area (Å²) in [6, 6.07) is 60.7. The van der Waals surface area contributed by atoms with E-state index in [2.05, 4.69) is 161 Å². The summed E-state index contributed by atoms with van der Waals surface area (Å²) in [6.45, 7) is 13.5. The Labute approximate surface area is 408 Å². The van der Waals surface area contributed by atoms with Crippen molar-refractivity contribution in [3.8, 4) is 68.0 Å². The molecule has 11 rings (SSSR count). The number of aromatic nitrogens is 3. The van der Waals surface area contributed by atoms with Gasteiger partial charge in [-0.3, -0.25) is 4.98 Å². The minimum atomic E-state index is -0.150. The van der Waals surface area contributed by atoms with Gasteiger partial charge >= 0.3 is 0 Å². The molecule has 5 nitrogen and oxygen atoms in total. The molecule has 336 valence electrons. The van der Waals surface area contributed by atoms with Crippen LogP contribution in [0.3, 0.4) is 0 Å². The fourth-order valence-electron chi connectivity index (χ4n) is 10.5. The van der Waals surface area contributed by atoms with Crippen LogP contribution in [0, 0.1) is 11.5 Å². The van der Waals surface area contributed by atoms with Gasteiger partial charge in [0.1, 0.15) is 11.3 Å². The summed E-state index contributed by atoms with van der Waals surface area (Å²) in [5.41, 5.74) is 17.7. The van der Waals surface area contributed by atoms with Crippen LogP contribution in [0.1, 0.15) is 74.9 Å². The molecule has 2 aromatic heterocycles. The Morgan fingerprint density at radius 2 is 1.27 bits per heavy atom. The minimum absolute atomic E-state index is 0. The predicted octanol–water partition coefficient (Wildman–Crippen LogP) is 14.9. The second kappa shape index (κ2) is 17.0. The van der Waals surface area contributed by atoms with Gasteiger partial charge in [0.05, 0.1) is 17.0 Å². The first kappa shape index (κ1) is 44.3. The molecule has 2 aliphatic rings. The number of imidazole rings is 1. The standard InChI is InChI=1S/C61H54N3O2.Pt/c1-59(2,3)47-28-29-49(51(34-47)60(4,5)6)45-32-52(50-22-12-13-24-54(50)65)62-56(33-45)66-55-25-15-23-53-57(55)63-58(64(53)48-20-8-7-9-21-48)41-19-14-18-39(30-41)40-26-27-44-37-61(38-46(44)31-40)35-42-16-10-11-17-43(42)36-61;/h7-18,20-34,65H,35-38H2,1-6H3;/q-1;. The first-order valence-electron chi connectivity index (χ1n) is 23.2. The van der Waals surface area contributed by atoms with Gasteiger partial charge in [0.2, 0.25) is 5.88 Å². The van der Waals surface area contributed by atoms with Gasteiger partial charge in [-0.05, 0) is 134 Å². The number of aromatic hydroxyl groups is 1. The van der Waals surface area contributed by atoms with Gasteiger partial charge in [0.15, 0.2) is 5.75 Å². The number of nitrogens with zero attached hydrogens (tertiary/aromatic N) is 3. The topological polar surface area (TPSA) is 60.2 Å². The first-order valence-corrected chi connectivity index (χ1v) is 23.2. The molecular formula is C61H54N3O2Pt-. The third kappa shape index (κ3) is 8.33. The van der Waals surface area contributed by atoms with Crippen molar-refractivity contribution in [3.05, 3.63) is 203 Å². The quantitative estimate of drug-likeness (QED) is 0.162. The van der Waals surface area contributed by atoms with Crippen molar-refractivity contribution in [2.45, 2.75) is 78.1 Å². The van der Waals surface area contributed by atoms with Gasteiger partial charge in [-0.25, -0.2) is 4.98 Å².